The number of likely N-dealkylation sites (tertiary alicyclic amines) is 1. The first kappa shape index (κ1) is 16.1. The van der Waals surface area contributed by atoms with Crippen molar-refractivity contribution < 1.29 is 4.79 Å². The maximum absolute atomic E-state index is 11.1. The number of aryl methyl sites for hydroxylation is 1. The lowest BCUT2D eigenvalue weighted by atomic mass is 10.0. The zero-order chi connectivity index (χ0) is 16.2. The van der Waals surface area contributed by atoms with Gasteiger partial charge in [-0.05, 0) is 56.1 Å². The third-order valence-electron chi connectivity index (χ3n) is 4.26. The normalized spacial score (nSPS) is 18.3. The van der Waals surface area contributed by atoms with E-state index in [9.17, 15) is 4.79 Å². The van der Waals surface area contributed by atoms with Crippen LogP contribution in [-0.4, -0.2) is 22.3 Å². The molecule has 23 heavy (non-hydrogen) atoms. The Morgan fingerprint density at radius 1 is 1.43 bits per heavy atom. The number of amides is 1. The van der Waals surface area contributed by atoms with Gasteiger partial charge in [-0.2, -0.15) is 0 Å². The summed E-state index contributed by atoms with van der Waals surface area (Å²) in [6, 6.07) is 9.14. The Hall–Kier alpha value is -1.72. The summed E-state index contributed by atoms with van der Waals surface area (Å²) >= 11 is 1.88. The number of carbonyl (C=O) groups is 1. The van der Waals surface area contributed by atoms with Crippen LogP contribution in [-0.2, 0) is 17.9 Å². The second kappa shape index (κ2) is 7.23. The van der Waals surface area contributed by atoms with E-state index in [0.717, 1.165) is 18.8 Å². The van der Waals surface area contributed by atoms with Crippen LogP contribution in [0.4, 0.5) is 0 Å². The largest absolute Gasteiger partial charge is 0.351 e. The molecule has 1 fully saturated rings. The Morgan fingerprint density at radius 2 is 2.30 bits per heavy atom. The molecule has 1 amide bonds. The monoisotopic (exact) mass is 329 g/mol. The van der Waals surface area contributed by atoms with Crippen molar-refractivity contribution in [3.05, 3.63) is 51.5 Å². The van der Waals surface area contributed by atoms with E-state index in [-0.39, 0.29) is 5.91 Å². The summed E-state index contributed by atoms with van der Waals surface area (Å²) < 4.78 is 0. The van der Waals surface area contributed by atoms with Crippen LogP contribution in [0.1, 0.15) is 46.8 Å². The van der Waals surface area contributed by atoms with Crippen LogP contribution in [0.15, 0.2) is 30.5 Å². The number of pyridine rings is 1. The minimum Gasteiger partial charge on any atom is -0.351 e. The molecular weight excluding hydrogens is 306 g/mol. The Kier molecular flexibility index (Phi) is 5.08. The molecule has 1 aliphatic heterocycles. The van der Waals surface area contributed by atoms with E-state index in [2.05, 4.69) is 46.4 Å². The van der Waals surface area contributed by atoms with Gasteiger partial charge in [-0.1, -0.05) is 0 Å². The van der Waals surface area contributed by atoms with Crippen LogP contribution in [0.5, 0.6) is 0 Å². The van der Waals surface area contributed by atoms with Gasteiger partial charge in [0.05, 0.1) is 12.2 Å². The molecule has 0 spiro atoms. The van der Waals surface area contributed by atoms with Gasteiger partial charge >= 0.3 is 0 Å². The van der Waals surface area contributed by atoms with Crippen molar-refractivity contribution in [1.82, 2.24) is 15.2 Å². The molecule has 0 saturated carbocycles. The molecule has 1 aliphatic rings. The molecule has 3 rings (SSSR count). The van der Waals surface area contributed by atoms with Crippen molar-refractivity contribution in [2.24, 2.45) is 0 Å². The number of hydrogen-bond acceptors (Lipinski definition) is 4. The molecule has 1 N–H and O–H groups in total. The summed E-state index contributed by atoms with van der Waals surface area (Å²) in [4.78, 5) is 20.8. The van der Waals surface area contributed by atoms with Crippen LogP contribution in [0.3, 0.4) is 0 Å². The van der Waals surface area contributed by atoms with Gasteiger partial charge in [0.15, 0.2) is 0 Å². The smallest absolute Gasteiger partial charge is 0.217 e. The standard InChI is InChI=1S/C18H23N3OS/c1-13-5-6-17(23-13)12-21-9-3-4-18(21)15-7-8-19-16(10-15)11-20-14(2)22/h5-8,10,18H,3-4,9,11-12H2,1-2H3,(H,20,22)/t18-/m1/s1. The van der Waals surface area contributed by atoms with E-state index >= 15 is 0 Å². The van der Waals surface area contributed by atoms with Gasteiger partial charge in [-0.3, -0.25) is 14.7 Å². The van der Waals surface area contributed by atoms with Crippen molar-refractivity contribution in [3.8, 4) is 0 Å². The fourth-order valence-electron chi connectivity index (χ4n) is 3.18. The number of carbonyl (C=O) groups excluding carboxylic acids is 1. The predicted molar refractivity (Wildman–Crippen MR) is 93.2 cm³/mol. The molecule has 0 bridgehead atoms. The fourth-order valence-corrected chi connectivity index (χ4v) is 4.10. The summed E-state index contributed by atoms with van der Waals surface area (Å²) in [5.74, 6) is -0.0206. The average molecular weight is 329 g/mol. The molecule has 2 aromatic rings. The predicted octanol–water partition coefficient (Wildman–Crippen LogP) is 3.42. The Morgan fingerprint density at radius 3 is 3.04 bits per heavy atom. The Bertz CT molecular complexity index is 682. The highest BCUT2D eigenvalue weighted by molar-refractivity contribution is 7.11. The van der Waals surface area contributed by atoms with E-state index in [1.165, 1.54) is 35.1 Å². The molecule has 0 unspecified atom stereocenters. The zero-order valence-corrected chi connectivity index (χ0v) is 14.5. The van der Waals surface area contributed by atoms with Crippen LogP contribution < -0.4 is 5.32 Å². The highest BCUT2D eigenvalue weighted by atomic mass is 32.1. The summed E-state index contributed by atoms with van der Waals surface area (Å²) in [6.07, 6.45) is 4.28. The number of nitrogens with zero attached hydrogens (tertiary/aromatic N) is 2. The molecule has 2 aromatic heterocycles. The van der Waals surface area contributed by atoms with Crippen molar-refractivity contribution in [3.63, 3.8) is 0 Å². The second-order valence-corrected chi connectivity index (χ2v) is 7.50. The van der Waals surface area contributed by atoms with Crippen molar-refractivity contribution in [2.45, 2.75) is 45.8 Å². The summed E-state index contributed by atoms with van der Waals surface area (Å²) in [7, 11) is 0. The summed E-state index contributed by atoms with van der Waals surface area (Å²) in [5.41, 5.74) is 2.24. The lowest BCUT2D eigenvalue weighted by molar-refractivity contribution is -0.119. The van der Waals surface area contributed by atoms with E-state index in [1.54, 1.807) is 0 Å². The molecule has 0 radical (unpaired) electrons. The van der Waals surface area contributed by atoms with E-state index in [1.807, 2.05) is 17.5 Å². The van der Waals surface area contributed by atoms with E-state index in [0.29, 0.717) is 12.6 Å². The van der Waals surface area contributed by atoms with Gasteiger partial charge < -0.3 is 5.32 Å². The van der Waals surface area contributed by atoms with Crippen LogP contribution in [0.25, 0.3) is 0 Å². The minimum absolute atomic E-state index is 0.0206. The maximum Gasteiger partial charge on any atom is 0.217 e. The average Bonchev–Trinajstić information content (AvgIpc) is 3.15. The zero-order valence-electron chi connectivity index (χ0n) is 13.7. The maximum atomic E-state index is 11.1. The van der Waals surface area contributed by atoms with Crippen molar-refractivity contribution in [2.75, 3.05) is 6.54 Å². The van der Waals surface area contributed by atoms with Crippen LogP contribution >= 0.6 is 11.3 Å². The number of hydrogen-bond donors (Lipinski definition) is 1. The number of rotatable bonds is 5. The van der Waals surface area contributed by atoms with Crippen molar-refractivity contribution in [1.29, 1.82) is 0 Å². The second-order valence-electron chi connectivity index (χ2n) is 6.13. The number of thiophene rings is 1. The van der Waals surface area contributed by atoms with Gasteiger partial charge in [-0.15, -0.1) is 11.3 Å². The number of nitrogens with one attached hydrogen (secondary N) is 1. The molecule has 1 saturated heterocycles. The minimum atomic E-state index is -0.0206. The molecule has 1 atom stereocenters. The number of aromatic nitrogens is 1. The molecule has 5 heteroatoms. The quantitative estimate of drug-likeness (QED) is 0.914. The third-order valence-corrected chi connectivity index (χ3v) is 5.25. The first-order valence-corrected chi connectivity index (χ1v) is 8.92. The molecule has 122 valence electrons. The summed E-state index contributed by atoms with van der Waals surface area (Å²) in [5, 5.41) is 2.82. The van der Waals surface area contributed by atoms with Gasteiger partial charge in [0.1, 0.15) is 0 Å². The van der Waals surface area contributed by atoms with E-state index < -0.39 is 0 Å². The van der Waals surface area contributed by atoms with Gasteiger partial charge in [0.25, 0.3) is 0 Å². The third kappa shape index (κ3) is 4.18. The Balaban J connectivity index is 1.71. The molecule has 4 nitrogen and oxygen atoms in total. The van der Waals surface area contributed by atoms with Gasteiger partial charge in [0.2, 0.25) is 5.91 Å². The lowest BCUT2D eigenvalue weighted by Crippen LogP contribution is -2.23. The van der Waals surface area contributed by atoms with Crippen molar-refractivity contribution >= 4 is 17.2 Å². The SMILES string of the molecule is CC(=O)NCc1cc([C@H]2CCCN2Cc2ccc(C)s2)ccn1. The molecule has 0 aliphatic carbocycles. The van der Waals surface area contributed by atoms with Gasteiger partial charge in [0, 0.05) is 35.5 Å². The van der Waals surface area contributed by atoms with Gasteiger partial charge in [-0.25, -0.2) is 0 Å². The Labute approximate surface area is 141 Å². The summed E-state index contributed by atoms with van der Waals surface area (Å²) in [6.45, 7) is 6.36. The lowest BCUT2D eigenvalue weighted by Gasteiger charge is -2.24. The fraction of sp³-hybridized carbons (Fsp3) is 0.444. The van der Waals surface area contributed by atoms with E-state index in [4.69, 9.17) is 0 Å². The first-order valence-electron chi connectivity index (χ1n) is 8.10. The molecule has 3 heterocycles. The van der Waals surface area contributed by atoms with Crippen LogP contribution in [0, 0.1) is 6.92 Å². The molecule has 0 aromatic carbocycles. The molecular formula is C18H23N3OS. The highest BCUT2D eigenvalue weighted by Crippen LogP contribution is 2.34. The topological polar surface area (TPSA) is 45.2 Å². The highest BCUT2D eigenvalue weighted by Gasteiger charge is 2.26. The van der Waals surface area contributed by atoms with Crippen LogP contribution in [0.2, 0.25) is 0 Å². The first-order chi connectivity index (χ1) is 11.1.